The molecular weight excluding hydrogens is 241 g/mol. The van der Waals surface area contributed by atoms with Crippen LogP contribution in [-0.4, -0.2) is 11.9 Å². The molecule has 2 fully saturated rings. The highest BCUT2D eigenvalue weighted by molar-refractivity contribution is 5.94. The first-order valence-electron chi connectivity index (χ1n) is 7.20. The normalized spacial score (nSPS) is 30.3. The van der Waals surface area contributed by atoms with Crippen molar-refractivity contribution in [2.45, 2.75) is 38.6 Å². The lowest BCUT2D eigenvalue weighted by molar-refractivity contribution is 0.0911. The summed E-state index contributed by atoms with van der Waals surface area (Å²) in [5.41, 5.74) is 0.150. The van der Waals surface area contributed by atoms with Gasteiger partial charge in [-0.2, -0.15) is 0 Å². The Hall–Kier alpha value is -1.38. The van der Waals surface area contributed by atoms with Crippen LogP contribution < -0.4 is 5.32 Å². The lowest BCUT2D eigenvalue weighted by Crippen LogP contribution is -2.40. The van der Waals surface area contributed by atoms with Crippen molar-refractivity contribution < 1.29 is 9.18 Å². The SMILES string of the molecule is CC(NC(=O)c1ccccc1F)C1CC2CCC1C2. The Morgan fingerprint density at radius 1 is 1.32 bits per heavy atom. The summed E-state index contributed by atoms with van der Waals surface area (Å²) >= 11 is 0. The summed E-state index contributed by atoms with van der Waals surface area (Å²) in [4.78, 5) is 12.1. The Bertz CT molecular complexity index is 487. The minimum absolute atomic E-state index is 0.141. The Morgan fingerprint density at radius 3 is 2.74 bits per heavy atom. The maximum Gasteiger partial charge on any atom is 0.254 e. The number of hydrogen-bond acceptors (Lipinski definition) is 1. The summed E-state index contributed by atoms with van der Waals surface area (Å²) in [6, 6.07) is 6.31. The van der Waals surface area contributed by atoms with Gasteiger partial charge in [-0.25, -0.2) is 4.39 Å². The predicted molar refractivity (Wildman–Crippen MR) is 72.3 cm³/mol. The van der Waals surface area contributed by atoms with Crippen molar-refractivity contribution in [3.05, 3.63) is 35.6 Å². The zero-order chi connectivity index (χ0) is 13.4. The van der Waals surface area contributed by atoms with Crippen LogP contribution in [0.1, 0.15) is 43.0 Å². The van der Waals surface area contributed by atoms with E-state index in [1.807, 2.05) is 0 Å². The van der Waals surface area contributed by atoms with E-state index in [2.05, 4.69) is 12.2 Å². The number of rotatable bonds is 3. The van der Waals surface area contributed by atoms with E-state index in [1.165, 1.54) is 37.8 Å². The van der Waals surface area contributed by atoms with Gasteiger partial charge < -0.3 is 5.32 Å². The molecule has 19 heavy (non-hydrogen) atoms. The Balaban J connectivity index is 1.65. The molecule has 0 aliphatic heterocycles. The number of halogens is 1. The summed E-state index contributed by atoms with van der Waals surface area (Å²) in [7, 11) is 0. The topological polar surface area (TPSA) is 29.1 Å². The van der Waals surface area contributed by atoms with Crippen LogP contribution in [0.4, 0.5) is 4.39 Å². The average Bonchev–Trinajstić information content (AvgIpc) is 3.01. The van der Waals surface area contributed by atoms with Crippen LogP contribution in [0, 0.1) is 23.6 Å². The van der Waals surface area contributed by atoms with Gasteiger partial charge in [0.05, 0.1) is 5.56 Å². The number of amides is 1. The lowest BCUT2D eigenvalue weighted by Gasteiger charge is -2.28. The number of fused-ring (bicyclic) bond motifs is 2. The molecule has 2 saturated carbocycles. The third-order valence-corrected chi connectivity index (χ3v) is 4.91. The second kappa shape index (κ2) is 4.95. The van der Waals surface area contributed by atoms with Crippen LogP contribution in [0.25, 0.3) is 0 Å². The maximum absolute atomic E-state index is 13.6. The van der Waals surface area contributed by atoms with E-state index in [1.54, 1.807) is 12.1 Å². The van der Waals surface area contributed by atoms with Gasteiger partial charge in [-0.3, -0.25) is 4.79 Å². The van der Waals surface area contributed by atoms with E-state index in [0.717, 1.165) is 11.8 Å². The quantitative estimate of drug-likeness (QED) is 0.888. The van der Waals surface area contributed by atoms with Gasteiger partial charge in [0, 0.05) is 6.04 Å². The number of nitrogens with one attached hydrogen (secondary N) is 1. The molecule has 1 aromatic rings. The molecule has 3 heteroatoms. The van der Waals surface area contributed by atoms with Crippen molar-refractivity contribution in [1.29, 1.82) is 0 Å². The molecule has 1 aromatic carbocycles. The summed E-state index contributed by atoms with van der Waals surface area (Å²) in [5.74, 6) is 1.48. The van der Waals surface area contributed by atoms with Gasteiger partial charge in [-0.15, -0.1) is 0 Å². The van der Waals surface area contributed by atoms with Crippen LogP contribution in [0.2, 0.25) is 0 Å². The molecule has 2 aliphatic carbocycles. The van der Waals surface area contributed by atoms with E-state index in [-0.39, 0.29) is 17.5 Å². The zero-order valence-electron chi connectivity index (χ0n) is 11.2. The highest BCUT2D eigenvalue weighted by atomic mass is 19.1. The molecule has 0 heterocycles. The van der Waals surface area contributed by atoms with Gasteiger partial charge in [0.25, 0.3) is 5.91 Å². The van der Waals surface area contributed by atoms with Crippen molar-refractivity contribution in [2.75, 3.05) is 0 Å². The Morgan fingerprint density at radius 2 is 2.11 bits per heavy atom. The van der Waals surface area contributed by atoms with Crippen LogP contribution in [0.5, 0.6) is 0 Å². The van der Waals surface area contributed by atoms with Gasteiger partial charge in [0.15, 0.2) is 0 Å². The second-order valence-corrected chi connectivity index (χ2v) is 6.08. The third-order valence-electron chi connectivity index (χ3n) is 4.91. The van der Waals surface area contributed by atoms with Gasteiger partial charge in [0.2, 0.25) is 0 Å². The molecule has 0 saturated heterocycles. The molecule has 4 unspecified atom stereocenters. The molecular formula is C16H20FNO. The fourth-order valence-corrected chi connectivity index (χ4v) is 3.94. The van der Waals surface area contributed by atoms with Gasteiger partial charge in [-0.05, 0) is 56.1 Å². The number of benzene rings is 1. The highest BCUT2D eigenvalue weighted by Crippen LogP contribution is 2.49. The monoisotopic (exact) mass is 261 g/mol. The summed E-state index contributed by atoms with van der Waals surface area (Å²) in [5, 5.41) is 2.98. The second-order valence-electron chi connectivity index (χ2n) is 6.08. The highest BCUT2D eigenvalue weighted by Gasteiger charge is 2.42. The molecule has 3 rings (SSSR count). The minimum Gasteiger partial charge on any atom is -0.349 e. The molecule has 102 valence electrons. The maximum atomic E-state index is 13.6. The number of hydrogen-bond donors (Lipinski definition) is 1. The smallest absolute Gasteiger partial charge is 0.254 e. The van der Waals surface area contributed by atoms with Gasteiger partial charge in [0.1, 0.15) is 5.82 Å². The first-order chi connectivity index (χ1) is 9.15. The largest absolute Gasteiger partial charge is 0.349 e. The molecule has 2 bridgehead atoms. The van der Waals surface area contributed by atoms with Crippen molar-refractivity contribution in [3.63, 3.8) is 0 Å². The molecule has 0 radical (unpaired) electrons. The van der Waals surface area contributed by atoms with Crippen LogP contribution in [-0.2, 0) is 0 Å². The van der Waals surface area contributed by atoms with Crippen LogP contribution >= 0.6 is 0 Å². The van der Waals surface area contributed by atoms with Gasteiger partial charge >= 0.3 is 0 Å². The standard InChI is InChI=1S/C16H20FNO/c1-10(14-9-11-6-7-12(14)8-11)18-16(19)13-4-2-3-5-15(13)17/h2-5,10-12,14H,6-9H2,1H3,(H,18,19). The van der Waals surface area contributed by atoms with Crippen molar-refractivity contribution >= 4 is 5.91 Å². The van der Waals surface area contributed by atoms with Crippen molar-refractivity contribution in [1.82, 2.24) is 5.32 Å². The molecule has 1 amide bonds. The first kappa shape index (κ1) is 12.6. The fourth-order valence-electron chi connectivity index (χ4n) is 3.94. The van der Waals surface area contributed by atoms with Crippen molar-refractivity contribution in [2.24, 2.45) is 17.8 Å². The van der Waals surface area contributed by atoms with E-state index >= 15 is 0 Å². The number of carbonyl (C=O) groups excluding carboxylic acids is 1. The van der Waals surface area contributed by atoms with E-state index in [4.69, 9.17) is 0 Å². The average molecular weight is 261 g/mol. The van der Waals surface area contributed by atoms with Crippen LogP contribution in [0.3, 0.4) is 0 Å². The van der Waals surface area contributed by atoms with E-state index in [9.17, 15) is 9.18 Å². The third kappa shape index (κ3) is 2.38. The number of carbonyl (C=O) groups is 1. The molecule has 0 aromatic heterocycles. The van der Waals surface area contributed by atoms with E-state index < -0.39 is 5.82 Å². The molecule has 0 spiro atoms. The lowest BCUT2D eigenvalue weighted by atomic mass is 9.84. The molecule has 4 atom stereocenters. The first-order valence-corrected chi connectivity index (χ1v) is 7.20. The van der Waals surface area contributed by atoms with E-state index in [0.29, 0.717) is 5.92 Å². The summed E-state index contributed by atoms with van der Waals surface area (Å²) in [6.45, 7) is 2.06. The van der Waals surface area contributed by atoms with Crippen LogP contribution in [0.15, 0.2) is 24.3 Å². The Labute approximate surface area is 113 Å². The predicted octanol–water partition coefficient (Wildman–Crippen LogP) is 3.38. The fraction of sp³-hybridized carbons (Fsp3) is 0.562. The minimum atomic E-state index is -0.444. The Kier molecular flexibility index (Phi) is 3.29. The van der Waals surface area contributed by atoms with Crippen molar-refractivity contribution in [3.8, 4) is 0 Å². The summed E-state index contributed by atoms with van der Waals surface area (Å²) in [6.07, 6.45) is 5.21. The zero-order valence-corrected chi connectivity index (χ0v) is 11.2. The molecule has 1 N–H and O–H groups in total. The molecule has 2 nitrogen and oxygen atoms in total. The summed E-state index contributed by atoms with van der Waals surface area (Å²) < 4.78 is 13.6. The molecule has 2 aliphatic rings. The van der Waals surface area contributed by atoms with Gasteiger partial charge in [-0.1, -0.05) is 18.6 Å².